The molecule has 2 N–H and O–H groups in total. The Kier molecular flexibility index (Phi) is 20.0. The Bertz CT molecular complexity index is 2260. The highest BCUT2D eigenvalue weighted by Crippen LogP contribution is 2.29. The van der Waals surface area contributed by atoms with Crippen molar-refractivity contribution < 1.29 is 41.7 Å². The number of anilines is 1. The van der Waals surface area contributed by atoms with Crippen LogP contribution < -0.4 is 5.73 Å². The van der Waals surface area contributed by atoms with Crippen LogP contribution in [0, 0.1) is 0 Å². The van der Waals surface area contributed by atoms with E-state index in [1.807, 2.05) is 24.3 Å². The Morgan fingerprint density at radius 3 is 1.86 bits per heavy atom. The highest BCUT2D eigenvalue weighted by atomic mass is 35.7. The predicted octanol–water partition coefficient (Wildman–Crippen LogP) is 7.04. The van der Waals surface area contributed by atoms with Gasteiger partial charge in [-0.15, -0.1) is 0 Å². The number of para-hydroxylation sites is 1. The summed E-state index contributed by atoms with van der Waals surface area (Å²) in [5.74, 6) is 0.901. The third-order valence-corrected chi connectivity index (χ3v) is 11.7. The van der Waals surface area contributed by atoms with Crippen LogP contribution in [-0.2, 0) is 63.8 Å². The first kappa shape index (κ1) is 47.6. The first-order valence-corrected chi connectivity index (χ1v) is 21.0. The zero-order valence-electron chi connectivity index (χ0n) is 32.0. The number of sulfone groups is 1. The molecule has 0 aliphatic carbocycles. The molecule has 3 aromatic carbocycles. The fourth-order valence-electron chi connectivity index (χ4n) is 5.65. The number of carbonyl (C=O) groups is 2. The van der Waals surface area contributed by atoms with E-state index in [4.69, 9.17) is 22.8 Å². The molecule has 12 nitrogen and oxygen atoms in total. The minimum Gasteiger partial charge on any atom is -0.469 e. The van der Waals surface area contributed by atoms with Crippen LogP contribution in [0.25, 0.3) is 21.9 Å². The van der Waals surface area contributed by atoms with E-state index < -0.39 is 26.0 Å². The molecule has 2 aromatic heterocycles. The van der Waals surface area contributed by atoms with Gasteiger partial charge in [0.2, 0.25) is 0 Å². The van der Waals surface area contributed by atoms with Crippen molar-refractivity contribution in [3.05, 3.63) is 89.7 Å². The number of hydrogen-bond donors (Lipinski definition) is 1. The maximum Gasteiger partial charge on any atom is 0.305 e. The van der Waals surface area contributed by atoms with E-state index in [9.17, 15) is 30.8 Å². The monoisotopic (exact) mass is 832 g/mol. The maximum atomic E-state index is 12.8. The predicted molar refractivity (Wildman–Crippen MR) is 221 cm³/mol. The van der Waals surface area contributed by atoms with Crippen LogP contribution in [0.5, 0.6) is 0 Å². The number of benzene rings is 3. The molecule has 0 fully saturated rings. The zero-order chi connectivity index (χ0) is 40.6. The highest BCUT2D eigenvalue weighted by Gasteiger charge is 2.17. The zero-order valence-corrected chi connectivity index (χ0v) is 33.4. The summed E-state index contributed by atoms with van der Waals surface area (Å²) in [6, 6.07) is 20.7. The SMILES string of the molecule is C.CCc1nc2c(N)nc3ccccc3c2n1CCCCCS(=O)(=O)c1ccc(CCC(=O)OC)cc1.COC(=O)CCc1ccc(S(=O)(=O)Cl)cc1.[2H]CF.[B]. The van der Waals surface area contributed by atoms with Gasteiger partial charge in [0.05, 0.1) is 49.3 Å². The minimum atomic E-state index is -3.67. The number of halogens is 2. The van der Waals surface area contributed by atoms with Crippen LogP contribution in [0.4, 0.5) is 10.2 Å². The molecule has 0 spiro atoms. The quantitative estimate of drug-likeness (QED) is 0.0495. The van der Waals surface area contributed by atoms with Gasteiger partial charge in [-0.3, -0.25) is 14.0 Å². The fraction of sp³-hybridized carbons (Fsp3) is 0.385. The number of alkyl halides is 1. The van der Waals surface area contributed by atoms with Crippen molar-refractivity contribution in [3.63, 3.8) is 0 Å². The Balaban J connectivity index is 0.000000651. The van der Waals surface area contributed by atoms with Gasteiger partial charge < -0.3 is 19.8 Å². The number of rotatable bonds is 15. The Hall–Kier alpha value is -4.54. The van der Waals surface area contributed by atoms with E-state index in [0.717, 1.165) is 64.7 Å². The lowest BCUT2D eigenvalue weighted by Crippen LogP contribution is -2.08. The first-order valence-electron chi connectivity index (χ1n) is 17.8. The summed E-state index contributed by atoms with van der Waals surface area (Å²) in [7, 11) is -0.201. The molecular weight excluding hydrogens is 782 g/mol. The van der Waals surface area contributed by atoms with E-state index in [1.165, 1.54) is 26.4 Å². The largest absolute Gasteiger partial charge is 0.469 e. The number of fused-ring (bicyclic) bond motifs is 3. The van der Waals surface area contributed by atoms with Gasteiger partial charge in [0.15, 0.2) is 15.7 Å². The number of hydrogen-bond acceptors (Lipinski definition) is 11. The average molecular weight is 833 g/mol. The lowest BCUT2D eigenvalue weighted by molar-refractivity contribution is -0.141. The lowest BCUT2D eigenvalue weighted by atomic mass is 10.1. The van der Waals surface area contributed by atoms with Crippen LogP contribution in [-0.4, -0.2) is 78.8 Å². The normalized spacial score (nSPS) is 11.1. The second-order valence-corrected chi connectivity index (χ2v) is 16.7. The number of carbonyl (C=O) groups excluding carboxylic acids is 2. The fourth-order valence-corrected chi connectivity index (χ4v) is 7.79. The lowest BCUT2D eigenvalue weighted by Gasteiger charge is -2.10. The number of nitrogen functional groups attached to an aromatic ring is 1. The highest BCUT2D eigenvalue weighted by molar-refractivity contribution is 8.13. The molecular formula is C39H50BClFN4O8S2. The van der Waals surface area contributed by atoms with Crippen molar-refractivity contribution in [2.45, 2.75) is 82.1 Å². The van der Waals surface area contributed by atoms with Crippen molar-refractivity contribution in [2.75, 3.05) is 32.9 Å². The molecule has 2 heterocycles. The number of pyridine rings is 1. The van der Waals surface area contributed by atoms with E-state index in [0.29, 0.717) is 30.0 Å². The van der Waals surface area contributed by atoms with Crippen molar-refractivity contribution in [3.8, 4) is 0 Å². The summed E-state index contributed by atoms with van der Waals surface area (Å²) < 4.78 is 74.3. The van der Waals surface area contributed by atoms with E-state index in [1.54, 1.807) is 36.4 Å². The summed E-state index contributed by atoms with van der Waals surface area (Å²) in [6.07, 6.45) is 4.52. The smallest absolute Gasteiger partial charge is 0.305 e. The summed E-state index contributed by atoms with van der Waals surface area (Å²) in [5.41, 5.74) is 10.5. The molecule has 0 unspecified atom stereocenters. The van der Waals surface area contributed by atoms with Crippen LogP contribution in [0.3, 0.4) is 0 Å². The molecule has 0 aliphatic heterocycles. The van der Waals surface area contributed by atoms with Crippen LogP contribution in [0.15, 0.2) is 82.6 Å². The number of ether oxygens (including phenoxy) is 2. The average Bonchev–Trinajstić information content (AvgIpc) is 3.56. The number of nitrogens with two attached hydrogens (primary N) is 1. The van der Waals surface area contributed by atoms with Crippen molar-refractivity contribution >= 4 is 77.7 Å². The van der Waals surface area contributed by atoms with E-state index >= 15 is 0 Å². The van der Waals surface area contributed by atoms with Gasteiger partial charge in [0.1, 0.15) is 11.3 Å². The van der Waals surface area contributed by atoms with Crippen molar-refractivity contribution in [2.24, 2.45) is 0 Å². The Labute approximate surface area is 337 Å². The number of nitrogens with zero attached hydrogens (tertiary/aromatic N) is 3. The summed E-state index contributed by atoms with van der Waals surface area (Å²) >= 11 is 0. The van der Waals surface area contributed by atoms with Gasteiger partial charge in [-0.25, -0.2) is 26.8 Å². The van der Waals surface area contributed by atoms with Gasteiger partial charge in [-0.2, -0.15) is 0 Å². The molecule has 303 valence electrons. The molecule has 0 atom stereocenters. The molecule has 5 rings (SSSR count). The number of methoxy groups -OCH3 is 2. The van der Waals surface area contributed by atoms with Crippen LogP contribution in [0.2, 0.25) is 0 Å². The van der Waals surface area contributed by atoms with Gasteiger partial charge in [0, 0.05) is 50.3 Å². The van der Waals surface area contributed by atoms with Crippen LogP contribution in [0.1, 0.15) is 64.8 Å². The third-order valence-electron chi connectivity index (χ3n) is 8.48. The third kappa shape index (κ3) is 13.9. The first-order chi connectivity index (χ1) is 26.2. The standard InChI is InChI=1S/C27H32N4O4S.C10H11ClO4S.CH3F.CH4.B/c1-3-23-30-25-26(21-9-5-6-10-22(21)29-27(25)28)31(23)17-7-4-8-18-36(33,34)20-14-11-19(12-15-20)13-16-24(32)35-2;1-15-10(12)7-4-8-2-5-9(6-3-8)16(11,13)14;1-2;;/h5-6,9-12,14-15H,3-4,7-8,13,16-18H2,1-2H3,(H2,28,29);2-3,5-6H,4,7H2,1H3;1H3;1H4;/i;;1D;;. The minimum absolute atomic E-state index is 0. The molecule has 5 aromatic rings. The van der Waals surface area contributed by atoms with Gasteiger partial charge in [0.25, 0.3) is 9.05 Å². The molecule has 0 saturated carbocycles. The Morgan fingerprint density at radius 2 is 1.36 bits per heavy atom. The van der Waals surface area contributed by atoms with Crippen molar-refractivity contribution in [1.82, 2.24) is 14.5 Å². The second kappa shape index (κ2) is 23.5. The van der Waals surface area contributed by atoms with Gasteiger partial charge in [-0.05, 0) is 67.1 Å². The second-order valence-electron chi connectivity index (χ2n) is 12.0. The number of esters is 2. The van der Waals surface area contributed by atoms with Crippen LogP contribution >= 0.6 is 10.7 Å². The molecule has 3 radical (unpaired) electrons. The van der Waals surface area contributed by atoms with E-state index in [-0.39, 0.29) is 51.3 Å². The summed E-state index contributed by atoms with van der Waals surface area (Å²) in [4.78, 5) is 31.8. The Morgan fingerprint density at radius 1 is 0.839 bits per heavy atom. The number of aromatic nitrogens is 3. The van der Waals surface area contributed by atoms with Gasteiger partial charge in [-0.1, -0.05) is 63.2 Å². The molecule has 56 heavy (non-hydrogen) atoms. The molecule has 0 aliphatic rings. The number of aryl methyl sites for hydroxylation is 4. The topological polar surface area (TPSA) is 178 Å². The van der Waals surface area contributed by atoms with Gasteiger partial charge >= 0.3 is 11.9 Å². The molecule has 0 bridgehead atoms. The number of unbranched alkanes of at least 4 members (excludes halogenated alkanes) is 2. The van der Waals surface area contributed by atoms with Crippen molar-refractivity contribution in [1.29, 1.82) is 0 Å². The summed E-state index contributed by atoms with van der Waals surface area (Å²) in [6.45, 7) is 2.80. The summed E-state index contributed by atoms with van der Waals surface area (Å²) in [5, 5.41) is 1.02. The molecule has 0 saturated heterocycles. The number of imidazole rings is 1. The molecule has 17 heteroatoms. The maximum absolute atomic E-state index is 12.8. The molecule has 0 amide bonds. The van der Waals surface area contributed by atoms with E-state index in [2.05, 4.69) is 25.9 Å².